The van der Waals surface area contributed by atoms with Crippen LogP contribution in [0.3, 0.4) is 0 Å². The maximum Gasteiger partial charge on any atom is 0.263 e. The number of hydrogen-bond acceptors (Lipinski definition) is 7. The molecule has 0 spiro atoms. The number of thiocarbonyl (C=S) groups is 1. The predicted octanol–water partition coefficient (Wildman–Crippen LogP) is 3.48. The Bertz CT molecular complexity index is 1190. The van der Waals surface area contributed by atoms with E-state index in [1.54, 1.807) is 36.8 Å². The molecule has 0 bridgehead atoms. The number of nitrogens with one attached hydrogen (secondary N) is 3. The summed E-state index contributed by atoms with van der Waals surface area (Å²) in [4.78, 5) is 16.1. The van der Waals surface area contributed by atoms with Crippen molar-refractivity contribution in [3.05, 3.63) is 71.7 Å². The second kappa shape index (κ2) is 10.2. The standard InChI is InChI=1S/C20H18N4O4S3/c1-28-17-5-3-2-4-14(17)6-11-18(25)23-19(29)22-15-7-9-16(10-8-15)31(26,27)24-20-21-12-13-30-20/h2-13H,1H3,(H,21,24)(H2,22,23,25,29). The molecule has 0 radical (unpaired) electrons. The Kier molecular flexibility index (Phi) is 7.34. The fraction of sp³-hybridized carbons (Fsp3) is 0.0500. The molecule has 0 saturated carbocycles. The smallest absolute Gasteiger partial charge is 0.263 e. The summed E-state index contributed by atoms with van der Waals surface area (Å²) in [6.07, 6.45) is 4.47. The van der Waals surface area contributed by atoms with Crippen LogP contribution in [0.4, 0.5) is 10.8 Å². The highest BCUT2D eigenvalue weighted by Crippen LogP contribution is 2.20. The van der Waals surface area contributed by atoms with Crippen molar-refractivity contribution < 1.29 is 17.9 Å². The zero-order chi connectivity index (χ0) is 22.3. The number of aromatic nitrogens is 1. The molecule has 31 heavy (non-hydrogen) atoms. The fourth-order valence-electron chi connectivity index (χ4n) is 2.45. The Morgan fingerprint density at radius 1 is 1.16 bits per heavy atom. The highest BCUT2D eigenvalue weighted by atomic mass is 32.2. The normalized spacial score (nSPS) is 11.1. The molecule has 3 rings (SSSR count). The Labute approximate surface area is 189 Å². The van der Waals surface area contributed by atoms with Crippen LogP contribution in [0, 0.1) is 0 Å². The summed E-state index contributed by atoms with van der Waals surface area (Å²) >= 11 is 6.32. The minimum absolute atomic E-state index is 0.0722. The van der Waals surface area contributed by atoms with E-state index in [9.17, 15) is 13.2 Å². The van der Waals surface area contributed by atoms with Crippen LogP contribution in [0.2, 0.25) is 0 Å². The summed E-state index contributed by atoms with van der Waals surface area (Å²) in [5, 5.41) is 7.39. The fourth-order valence-corrected chi connectivity index (χ4v) is 4.46. The molecular weight excluding hydrogens is 456 g/mol. The molecule has 3 aromatic rings. The van der Waals surface area contributed by atoms with Gasteiger partial charge in [-0.3, -0.25) is 14.8 Å². The van der Waals surface area contributed by atoms with Gasteiger partial charge in [0.2, 0.25) is 5.91 Å². The van der Waals surface area contributed by atoms with Gasteiger partial charge in [-0.2, -0.15) is 0 Å². The maximum absolute atomic E-state index is 12.3. The number of rotatable bonds is 7. The molecule has 0 fully saturated rings. The van der Waals surface area contributed by atoms with Crippen LogP contribution in [0.5, 0.6) is 5.75 Å². The van der Waals surface area contributed by atoms with Gasteiger partial charge < -0.3 is 10.1 Å². The molecule has 0 aliphatic carbocycles. The van der Waals surface area contributed by atoms with Crippen molar-refractivity contribution in [2.45, 2.75) is 4.90 Å². The molecule has 2 aromatic carbocycles. The summed E-state index contributed by atoms with van der Waals surface area (Å²) < 4.78 is 32.3. The average molecular weight is 475 g/mol. The van der Waals surface area contributed by atoms with Crippen molar-refractivity contribution in [1.29, 1.82) is 0 Å². The molecule has 0 unspecified atom stereocenters. The molecule has 1 aromatic heterocycles. The van der Waals surface area contributed by atoms with Gasteiger partial charge in [-0.1, -0.05) is 18.2 Å². The van der Waals surface area contributed by atoms with Crippen LogP contribution < -0.4 is 20.1 Å². The molecule has 8 nitrogen and oxygen atoms in total. The zero-order valence-corrected chi connectivity index (χ0v) is 18.7. The van der Waals surface area contributed by atoms with Crippen molar-refractivity contribution in [3.8, 4) is 5.75 Å². The predicted molar refractivity (Wildman–Crippen MR) is 126 cm³/mol. The minimum Gasteiger partial charge on any atom is -0.496 e. The monoisotopic (exact) mass is 474 g/mol. The third-order valence-electron chi connectivity index (χ3n) is 3.87. The number of nitrogens with zero attached hydrogens (tertiary/aromatic N) is 1. The van der Waals surface area contributed by atoms with Gasteiger partial charge in [-0.15, -0.1) is 11.3 Å². The lowest BCUT2D eigenvalue weighted by Crippen LogP contribution is -2.32. The highest BCUT2D eigenvalue weighted by molar-refractivity contribution is 7.93. The highest BCUT2D eigenvalue weighted by Gasteiger charge is 2.15. The van der Waals surface area contributed by atoms with Gasteiger partial charge in [0.25, 0.3) is 10.0 Å². The number of carbonyl (C=O) groups excluding carboxylic acids is 1. The first-order valence-electron chi connectivity index (χ1n) is 8.83. The first kappa shape index (κ1) is 22.4. The third kappa shape index (κ3) is 6.35. The molecule has 1 amide bonds. The molecule has 11 heteroatoms. The number of methoxy groups -OCH3 is 1. The molecule has 0 aliphatic rings. The minimum atomic E-state index is -3.74. The van der Waals surface area contributed by atoms with E-state index < -0.39 is 15.9 Å². The molecule has 0 atom stereocenters. The number of thiazole rings is 1. The average Bonchev–Trinajstić information content (AvgIpc) is 3.25. The van der Waals surface area contributed by atoms with E-state index in [-0.39, 0.29) is 15.1 Å². The summed E-state index contributed by atoms with van der Waals surface area (Å²) in [7, 11) is -2.19. The first-order valence-corrected chi connectivity index (χ1v) is 11.6. The molecule has 3 N–H and O–H groups in total. The Morgan fingerprint density at radius 3 is 2.58 bits per heavy atom. The quantitative estimate of drug-likeness (QED) is 0.355. The van der Waals surface area contributed by atoms with E-state index in [4.69, 9.17) is 17.0 Å². The van der Waals surface area contributed by atoms with Crippen LogP contribution in [0.15, 0.2) is 71.1 Å². The number of benzene rings is 2. The van der Waals surface area contributed by atoms with Gasteiger partial charge in [0.15, 0.2) is 10.2 Å². The van der Waals surface area contributed by atoms with E-state index in [2.05, 4.69) is 20.3 Å². The van der Waals surface area contributed by atoms with E-state index in [0.717, 1.165) is 5.56 Å². The van der Waals surface area contributed by atoms with Gasteiger partial charge in [0.1, 0.15) is 5.75 Å². The van der Waals surface area contributed by atoms with Crippen LogP contribution in [-0.4, -0.2) is 31.5 Å². The number of sulfonamides is 1. The van der Waals surface area contributed by atoms with Crippen LogP contribution in [0.25, 0.3) is 6.08 Å². The number of anilines is 2. The van der Waals surface area contributed by atoms with Gasteiger partial charge in [-0.05, 0) is 48.6 Å². The SMILES string of the molecule is COc1ccccc1C=CC(=O)NC(=S)Nc1ccc(S(=O)(=O)Nc2nccs2)cc1. The lowest BCUT2D eigenvalue weighted by molar-refractivity contribution is -0.115. The first-order chi connectivity index (χ1) is 14.9. The van der Waals surface area contributed by atoms with E-state index in [1.807, 2.05) is 18.2 Å². The topological polar surface area (TPSA) is 109 Å². The van der Waals surface area contributed by atoms with Crippen molar-refractivity contribution in [2.75, 3.05) is 17.1 Å². The number of ether oxygens (including phenoxy) is 1. The van der Waals surface area contributed by atoms with Crippen LogP contribution >= 0.6 is 23.6 Å². The second-order valence-electron chi connectivity index (χ2n) is 5.99. The van der Waals surface area contributed by atoms with Crippen molar-refractivity contribution >= 4 is 61.5 Å². The number of carbonyl (C=O) groups is 1. The Morgan fingerprint density at radius 2 is 1.90 bits per heavy atom. The summed E-state index contributed by atoms with van der Waals surface area (Å²) in [5.74, 6) is 0.224. The van der Waals surface area contributed by atoms with Crippen LogP contribution in [0.1, 0.15) is 5.56 Å². The molecule has 160 valence electrons. The van der Waals surface area contributed by atoms with E-state index in [1.165, 1.54) is 35.7 Å². The lowest BCUT2D eigenvalue weighted by atomic mass is 10.2. The maximum atomic E-state index is 12.3. The van der Waals surface area contributed by atoms with Crippen molar-refractivity contribution in [3.63, 3.8) is 0 Å². The zero-order valence-electron chi connectivity index (χ0n) is 16.2. The Balaban J connectivity index is 1.57. The molecule has 0 saturated heterocycles. The summed E-state index contributed by atoms with van der Waals surface area (Å²) in [6, 6.07) is 13.2. The van der Waals surface area contributed by atoms with E-state index in [0.29, 0.717) is 11.4 Å². The summed E-state index contributed by atoms with van der Waals surface area (Å²) in [6.45, 7) is 0. The number of para-hydroxylation sites is 1. The summed E-state index contributed by atoms with van der Waals surface area (Å²) in [5.41, 5.74) is 1.27. The number of hydrogen-bond donors (Lipinski definition) is 3. The lowest BCUT2D eigenvalue weighted by Gasteiger charge is -2.10. The molecule has 1 heterocycles. The second-order valence-corrected chi connectivity index (χ2v) is 8.97. The van der Waals surface area contributed by atoms with Gasteiger partial charge in [0, 0.05) is 28.9 Å². The van der Waals surface area contributed by atoms with Crippen molar-refractivity contribution in [1.82, 2.24) is 10.3 Å². The van der Waals surface area contributed by atoms with E-state index >= 15 is 0 Å². The molecular formula is C20H18N4O4S3. The van der Waals surface area contributed by atoms with Gasteiger partial charge >= 0.3 is 0 Å². The van der Waals surface area contributed by atoms with Crippen LogP contribution in [-0.2, 0) is 14.8 Å². The van der Waals surface area contributed by atoms with Gasteiger partial charge in [-0.25, -0.2) is 13.4 Å². The molecule has 0 aliphatic heterocycles. The Hall–Kier alpha value is -3.28. The van der Waals surface area contributed by atoms with Crippen molar-refractivity contribution in [2.24, 2.45) is 0 Å². The largest absolute Gasteiger partial charge is 0.496 e. The third-order valence-corrected chi connectivity index (χ3v) is 6.24. The van der Waals surface area contributed by atoms with Gasteiger partial charge in [0.05, 0.1) is 12.0 Å². The number of amides is 1.